The van der Waals surface area contributed by atoms with Crippen molar-refractivity contribution in [2.24, 2.45) is 0 Å². The fraction of sp³-hybridized carbons (Fsp3) is 0.667. The van der Waals surface area contributed by atoms with Crippen LogP contribution in [0.25, 0.3) is 0 Å². The van der Waals surface area contributed by atoms with Crippen LogP contribution in [0.3, 0.4) is 0 Å². The normalized spacial score (nSPS) is 16.5. The molecule has 9 heteroatoms. The average molecular weight is 367 g/mol. The number of carbonyl (C=O) groups excluding carboxylic acids is 1. The van der Waals surface area contributed by atoms with Crippen molar-refractivity contribution in [1.82, 2.24) is 4.90 Å². The Balaban J connectivity index is 1.98. The minimum absolute atomic E-state index is 0.214. The molecule has 0 spiro atoms. The Hall–Kier alpha value is -1.51. The summed E-state index contributed by atoms with van der Waals surface area (Å²) in [5.74, 6) is -1.04. The Morgan fingerprint density at radius 3 is 2.50 bits per heavy atom. The Kier molecular flexibility index (Phi) is 5.95. The highest BCUT2D eigenvalue weighted by atomic mass is 32.2. The molecular formula is C15H20F3NO4S. The van der Waals surface area contributed by atoms with Crippen LogP contribution in [0.5, 0.6) is 0 Å². The van der Waals surface area contributed by atoms with E-state index < -0.39 is 45.9 Å². The molecule has 0 aromatic carbocycles. The van der Waals surface area contributed by atoms with Crippen molar-refractivity contribution in [3.8, 4) is 0 Å². The number of rotatable bonds is 7. The molecule has 1 amide bonds. The maximum atomic E-state index is 12.7. The van der Waals surface area contributed by atoms with Gasteiger partial charge < -0.3 is 9.32 Å². The quantitative estimate of drug-likeness (QED) is 0.743. The standard InChI is InChI=1S/C15H20F3NO4S/c16-15(17,18)11-19(10-12-4-3-8-23-12)14(20)7-9-24(21,22)13-5-1-2-6-13/h3-4,8,13H,1-2,5-7,9-11H2. The van der Waals surface area contributed by atoms with Gasteiger partial charge in [-0.3, -0.25) is 4.79 Å². The molecular weight excluding hydrogens is 347 g/mol. The second-order valence-corrected chi connectivity index (χ2v) is 8.37. The number of furan rings is 1. The third-order valence-corrected chi connectivity index (χ3v) is 6.32. The van der Waals surface area contributed by atoms with Crippen LogP contribution in [0.2, 0.25) is 0 Å². The summed E-state index contributed by atoms with van der Waals surface area (Å²) < 4.78 is 67.3. The number of sulfone groups is 1. The van der Waals surface area contributed by atoms with Gasteiger partial charge in [0.2, 0.25) is 5.91 Å². The van der Waals surface area contributed by atoms with E-state index in [4.69, 9.17) is 4.42 Å². The third kappa shape index (κ3) is 5.54. The highest BCUT2D eigenvalue weighted by Crippen LogP contribution is 2.26. The Morgan fingerprint density at radius 2 is 1.96 bits per heavy atom. The van der Waals surface area contributed by atoms with E-state index in [9.17, 15) is 26.4 Å². The van der Waals surface area contributed by atoms with Gasteiger partial charge in [0, 0.05) is 6.42 Å². The third-order valence-electron chi connectivity index (χ3n) is 4.06. The summed E-state index contributed by atoms with van der Waals surface area (Å²) in [7, 11) is -3.45. The molecule has 1 aliphatic carbocycles. The molecule has 1 heterocycles. The molecule has 0 bridgehead atoms. The van der Waals surface area contributed by atoms with Gasteiger partial charge in [0.25, 0.3) is 0 Å². The van der Waals surface area contributed by atoms with Gasteiger partial charge >= 0.3 is 6.18 Å². The zero-order valence-electron chi connectivity index (χ0n) is 13.1. The van der Waals surface area contributed by atoms with E-state index in [-0.39, 0.29) is 12.3 Å². The van der Waals surface area contributed by atoms with Crippen molar-refractivity contribution >= 4 is 15.7 Å². The highest BCUT2D eigenvalue weighted by Gasteiger charge is 2.34. The summed E-state index contributed by atoms with van der Waals surface area (Å²) in [6.07, 6.45) is -0.921. The highest BCUT2D eigenvalue weighted by molar-refractivity contribution is 7.92. The summed E-state index contributed by atoms with van der Waals surface area (Å²) in [4.78, 5) is 12.7. The Morgan fingerprint density at radius 1 is 1.29 bits per heavy atom. The van der Waals surface area contributed by atoms with Crippen LogP contribution in [0, 0.1) is 0 Å². The van der Waals surface area contributed by atoms with Gasteiger partial charge in [-0.05, 0) is 25.0 Å². The van der Waals surface area contributed by atoms with E-state index in [1.165, 1.54) is 18.4 Å². The van der Waals surface area contributed by atoms with Crippen molar-refractivity contribution < 1.29 is 30.8 Å². The molecule has 0 radical (unpaired) electrons. The summed E-state index contributed by atoms with van der Waals surface area (Å²) >= 11 is 0. The molecule has 1 aliphatic rings. The fourth-order valence-electron chi connectivity index (χ4n) is 2.84. The van der Waals surface area contributed by atoms with Gasteiger partial charge in [0.1, 0.15) is 12.3 Å². The number of hydrogen-bond donors (Lipinski definition) is 0. The minimum atomic E-state index is -4.56. The molecule has 136 valence electrons. The van der Waals surface area contributed by atoms with Crippen LogP contribution in [0.1, 0.15) is 37.9 Å². The van der Waals surface area contributed by atoms with Crippen molar-refractivity contribution in [2.75, 3.05) is 12.3 Å². The van der Waals surface area contributed by atoms with E-state index in [1.807, 2.05) is 0 Å². The SMILES string of the molecule is O=C(CCS(=O)(=O)C1CCCC1)N(Cc1ccco1)CC(F)(F)F. The van der Waals surface area contributed by atoms with Gasteiger partial charge in [-0.15, -0.1) is 0 Å². The van der Waals surface area contributed by atoms with Crippen molar-refractivity contribution in [1.29, 1.82) is 0 Å². The molecule has 0 aliphatic heterocycles. The summed E-state index contributed by atoms with van der Waals surface area (Å²) in [5, 5.41) is -0.466. The first-order valence-electron chi connectivity index (χ1n) is 7.76. The van der Waals surface area contributed by atoms with Crippen molar-refractivity contribution in [3.05, 3.63) is 24.2 Å². The molecule has 1 saturated carbocycles. The Labute approximate surface area is 138 Å². The smallest absolute Gasteiger partial charge is 0.406 e. The van der Waals surface area contributed by atoms with Crippen LogP contribution in [-0.2, 0) is 21.2 Å². The second kappa shape index (κ2) is 7.58. The predicted octanol–water partition coefficient (Wildman–Crippen LogP) is 2.92. The average Bonchev–Trinajstić information content (AvgIpc) is 3.15. The maximum absolute atomic E-state index is 12.7. The number of nitrogens with zero attached hydrogens (tertiary/aromatic N) is 1. The first kappa shape index (κ1) is 18.8. The van der Waals surface area contributed by atoms with Gasteiger partial charge in [0.15, 0.2) is 9.84 Å². The molecule has 1 fully saturated rings. The first-order valence-corrected chi connectivity index (χ1v) is 9.47. The van der Waals surface area contributed by atoms with E-state index >= 15 is 0 Å². The largest absolute Gasteiger partial charge is 0.467 e. The summed E-state index contributed by atoms with van der Waals surface area (Å²) in [6.45, 7) is -1.77. The molecule has 0 N–H and O–H groups in total. The number of hydrogen-bond acceptors (Lipinski definition) is 4. The zero-order chi connectivity index (χ0) is 17.8. The van der Waals surface area contributed by atoms with E-state index in [2.05, 4.69) is 0 Å². The number of amides is 1. The molecule has 0 saturated heterocycles. The fourth-order valence-corrected chi connectivity index (χ4v) is 4.69. The van der Waals surface area contributed by atoms with E-state index in [0.717, 1.165) is 12.8 Å². The van der Waals surface area contributed by atoms with Gasteiger partial charge in [-0.2, -0.15) is 13.2 Å². The van der Waals surface area contributed by atoms with Gasteiger partial charge in [-0.25, -0.2) is 8.42 Å². The van der Waals surface area contributed by atoms with E-state index in [0.29, 0.717) is 17.7 Å². The second-order valence-electron chi connectivity index (χ2n) is 5.97. The summed E-state index contributed by atoms with van der Waals surface area (Å²) in [5.41, 5.74) is 0. The van der Waals surface area contributed by atoms with Crippen LogP contribution in [0.4, 0.5) is 13.2 Å². The lowest BCUT2D eigenvalue weighted by molar-refractivity contribution is -0.162. The first-order chi connectivity index (χ1) is 11.2. The van der Waals surface area contributed by atoms with Crippen LogP contribution in [0.15, 0.2) is 22.8 Å². The molecule has 1 aromatic rings. The van der Waals surface area contributed by atoms with Gasteiger partial charge in [-0.1, -0.05) is 12.8 Å². The lowest BCUT2D eigenvalue weighted by Gasteiger charge is -2.23. The lowest BCUT2D eigenvalue weighted by Crippen LogP contribution is -2.39. The molecule has 5 nitrogen and oxygen atoms in total. The van der Waals surface area contributed by atoms with E-state index in [1.54, 1.807) is 0 Å². The van der Waals surface area contributed by atoms with Gasteiger partial charge in [0.05, 0.1) is 23.8 Å². The topological polar surface area (TPSA) is 67.6 Å². The van der Waals surface area contributed by atoms with Crippen LogP contribution >= 0.6 is 0 Å². The molecule has 24 heavy (non-hydrogen) atoms. The molecule has 1 aromatic heterocycles. The predicted molar refractivity (Wildman–Crippen MR) is 80.8 cm³/mol. The van der Waals surface area contributed by atoms with Crippen LogP contribution < -0.4 is 0 Å². The lowest BCUT2D eigenvalue weighted by atomic mass is 10.3. The molecule has 2 rings (SSSR count). The molecule has 0 unspecified atom stereocenters. The number of carbonyl (C=O) groups is 1. The maximum Gasteiger partial charge on any atom is 0.406 e. The monoisotopic (exact) mass is 367 g/mol. The summed E-state index contributed by atoms with van der Waals surface area (Å²) in [6, 6.07) is 2.97. The molecule has 0 atom stereocenters. The van der Waals surface area contributed by atoms with Crippen LogP contribution in [-0.4, -0.2) is 42.9 Å². The Bertz CT molecular complexity index is 634. The van der Waals surface area contributed by atoms with Crippen molar-refractivity contribution in [3.63, 3.8) is 0 Å². The van der Waals surface area contributed by atoms with Crippen molar-refractivity contribution in [2.45, 2.75) is 50.1 Å². The number of alkyl halides is 3. The minimum Gasteiger partial charge on any atom is -0.467 e. The zero-order valence-corrected chi connectivity index (χ0v) is 13.9. The number of halogens is 3.